The molecule has 0 radical (unpaired) electrons. The van der Waals surface area contributed by atoms with Gasteiger partial charge in [0, 0.05) is 24.5 Å². The number of ether oxygens (including phenoxy) is 2. The Morgan fingerprint density at radius 3 is 2.73 bits per heavy atom. The summed E-state index contributed by atoms with van der Waals surface area (Å²) in [6.07, 6.45) is 3.96. The van der Waals surface area contributed by atoms with Gasteiger partial charge in [0.15, 0.2) is 6.23 Å². The Hall–Kier alpha value is -2.15. The van der Waals surface area contributed by atoms with Gasteiger partial charge >= 0.3 is 6.09 Å². The smallest absolute Gasteiger partial charge is 0.410 e. The summed E-state index contributed by atoms with van der Waals surface area (Å²) < 4.78 is 28.5. The third-order valence-corrected chi connectivity index (χ3v) is 6.00. The van der Waals surface area contributed by atoms with Crippen LogP contribution < -0.4 is 0 Å². The molecule has 0 spiro atoms. The molecular formula is C23H32FN3O3. The fourth-order valence-corrected chi connectivity index (χ4v) is 4.52. The molecule has 2 aromatic rings. The number of halogens is 1. The number of carbonyl (C=O) groups is 1. The third-order valence-electron chi connectivity index (χ3n) is 6.00. The summed E-state index contributed by atoms with van der Waals surface area (Å²) in [7, 11) is 0. The molecule has 2 aliphatic heterocycles. The van der Waals surface area contributed by atoms with E-state index in [2.05, 4.69) is 17.2 Å². The zero-order valence-corrected chi connectivity index (χ0v) is 18.4. The molecule has 1 aromatic heterocycles. The Morgan fingerprint density at radius 1 is 1.27 bits per heavy atom. The summed E-state index contributed by atoms with van der Waals surface area (Å²) in [6.45, 7) is 8.79. The van der Waals surface area contributed by atoms with Gasteiger partial charge in [-0.2, -0.15) is 5.10 Å². The van der Waals surface area contributed by atoms with E-state index in [1.165, 1.54) is 4.90 Å². The number of alkyl halides is 1. The minimum atomic E-state index is -1.13. The zero-order chi connectivity index (χ0) is 21.5. The predicted octanol–water partition coefficient (Wildman–Crippen LogP) is 5.11. The average Bonchev–Trinajstić information content (AvgIpc) is 3.09. The number of aromatic nitrogens is 2. The highest BCUT2D eigenvalue weighted by Crippen LogP contribution is 2.36. The lowest BCUT2D eigenvalue weighted by molar-refractivity contribution is -0.0366. The Labute approximate surface area is 177 Å². The number of piperidine rings is 1. The molecule has 3 heterocycles. The molecule has 0 aliphatic carbocycles. The van der Waals surface area contributed by atoms with E-state index in [-0.39, 0.29) is 18.7 Å². The molecule has 30 heavy (non-hydrogen) atoms. The van der Waals surface area contributed by atoms with E-state index in [1.54, 1.807) is 0 Å². The maximum atomic E-state index is 15.2. The number of carbonyl (C=O) groups excluding carboxylic acids is 1. The van der Waals surface area contributed by atoms with E-state index in [0.717, 1.165) is 47.9 Å². The normalized spacial score (nSPS) is 25.5. The van der Waals surface area contributed by atoms with Gasteiger partial charge in [0.1, 0.15) is 11.8 Å². The first-order valence-corrected chi connectivity index (χ1v) is 10.9. The van der Waals surface area contributed by atoms with Crippen molar-refractivity contribution in [1.29, 1.82) is 0 Å². The minimum Gasteiger partial charge on any atom is -0.444 e. The Kier molecular flexibility index (Phi) is 5.75. The summed E-state index contributed by atoms with van der Waals surface area (Å²) in [5.74, 6) is -0.247. The molecular weight excluding hydrogens is 385 g/mol. The van der Waals surface area contributed by atoms with Crippen molar-refractivity contribution in [3.8, 4) is 0 Å². The Bertz CT molecular complexity index is 914. The van der Waals surface area contributed by atoms with Crippen molar-refractivity contribution in [3.05, 3.63) is 29.5 Å². The standard InChI is InChI=1S/C23H32FN3O3/c1-15-11-16-13-25-27(21-7-5-6-10-29-21)20(16)12-18(15)17-8-9-26(14-19(17)24)22(28)30-23(2,3)4/h11-13,17,19,21H,5-10,14H2,1-4H3. The average molecular weight is 418 g/mol. The lowest BCUT2D eigenvalue weighted by Crippen LogP contribution is -2.46. The fourth-order valence-electron chi connectivity index (χ4n) is 4.52. The summed E-state index contributed by atoms with van der Waals surface area (Å²) in [4.78, 5) is 13.8. The number of benzene rings is 1. The van der Waals surface area contributed by atoms with Gasteiger partial charge in [-0.3, -0.25) is 0 Å². The molecule has 7 heteroatoms. The summed E-state index contributed by atoms with van der Waals surface area (Å²) >= 11 is 0. The van der Waals surface area contributed by atoms with Gasteiger partial charge in [0.25, 0.3) is 0 Å². The molecule has 6 nitrogen and oxygen atoms in total. The van der Waals surface area contributed by atoms with Crippen LogP contribution in [0, 0.1) is 6.92 Å². The number of rotatable bonds is 2. The minimum absolute atomic E-state index is 0.0537. The molecule has 2 fully saturated rings. The van der Waals surface area contributed by atoms with Crippen molar-refractivity contribution in [1.82, 2.24) is 14.7 Å². The van der Waals surface area contributed by atoms with Crippen molar-refractivity contribution in [2.75, 3.05) is 19.7 Å². The molecule has 0 N–H and O–H groups in total. The Morgan fingerprint density at radius 2 is 2.07 bits per heavy atom. The maximum Gasteiger partial charge on any atom is 0.410 e. The van der Waals surface area contributed by atoms with Crippen molar-refractivity contribution < 1.29 is 18.7 Å². The monoisotopic (exact) mass is 417 g/mol. The number of fused-ring (bicyclic) bond motifs is 1. The van der Waals surface area contributed by atoms with Crippen LogP contribution in [0.2, 0.25) is 0 Å². The highest BCUT2D eigenvalue weighted by atomic mass is 19.1. The lowest BCUT2D eigenvalue weighted by Gasteiger charge is -2.36. The van der Waals surface area contributed by atoms with E-state index < -0.39 is 17.9 Å². The van der Waals surface area contributed by atoms with Crippen LogP contribution in [0.4, 0.5) is 9.18 Å². The molecule has 1 amide bonds. The van der Waals surface area contributed by atoms with Crippen molar-refractivity contribution in [3.63, 3.8) is 0 Å². The van der Waals surface area contributed by atoms with Gasteiger partial charge in [-0.1, -0.05) is 0 Å². The largest absolute Gasteiger partial charge is 0.444 e. The third kappa shape index (κ3) is 4.31. The van der Waals surface area contributed by atoms with E-state index in [4.69, 9.17) is 9.47 Å². The number of aryl methyl sites for hydroxylation is 1. The number of nitrogens with zero attached hydrogens (tertiary/aromatic N) is 3. The highest BCUT2D eigenvalue weighted by molar-refractivity contribution is 5.81. The molecule has 0 bridgehead atoms. The van der Waals surface area contributed by atoms with Crippen LogP contribution in [-0.4, -0.2) is 52.2 Å². The van der Waals surface area contributed by atoms with Gasteiger partial charge in [0.2, 0.25) is 0 Å². The molecule has 164 valence electrons. The number of amides is 1. The molecule has 2 aliphatic rings. The maximum absolute atomic E-state index is 15.2. The van der Waals surface area contributed by atoms with Crippen LogP contribution in [0.15, 0.2) is 18.3 Å². The van der Waals surface area contributed by atoms with Gasteiger partial charge in [-0.05, 0) is 76.6 Å². The first-order valence-electron chi connectivity index (χ1n) is 10.9. The van der Waals surface area contributed by atoms with Crippen molar-refractivity contribution in [2.24, 2.45) is 0 Å². The van der Waals surface area contributed by atoms with Crippen LogP contribution in [0.5, 0.6) is 0 Å². The van der Waals surface area contributed by atoms with E-state index in [9.17, 15) is 4.79 Å². The van der Waals surface area contributed by atoms with Crippen LogP contribution in [0.1, 0.15) is 69.7 Å². The second-order valence-corrected chi connectivity index (χ2v) is 9.52. The predicted molar refractivity (Wildman–Crippen MR) is 113 cm³/mol. The summed E-state index contributed by atoms with van der Waals surface area (Å²) in [6, 6.07) is 4.17. The quantitative estimate of drug-likeness (QED) is 0.682. The number of hydrogen-bond donors (Lipinski definition) is 0. The topological polar surface area (TPSA) is 56.6 Å². The van der Waals surface area contributed by atoms with Crippen LogP contribution in [-0.2, 0) is 9.47 Å². The number of hydrogen-bond acceptors (Lipinski definition) is 4. The lowest BCUT2D eigenvalue weighted by atomic mass is 9.85. The SMILES string of the molecule is Cc1cc2cnn(C3CCCCO3)c2cc1C1CCN(C(=O)OC(C)(C)C)CC1F. The van der Waals surface area contributed by atoms with Crippen LogP contribution >= 0.6 is 0 Å². The first kappa shape index (κ1) is 21.1. The van der Waals surface area contributed by atoms with E-state index >= 15 is 4.39 Å². The van der Waals surface area contributed by atoms with Crippen LogP contribution in [0.3, 0.4) is 0 Å². The molecule has 3 unspecified atom stereocenters. The van der Waals surface area contributed by atoms with Gasteiger partial charge in [0.05, 0.1) is 18.3 Å². The van der Waals surface area contributed by atoms with Gasteiger partial charge in [-0.25, -0.2) is 13.9 Å². The summed E-state index contributed by atoms with van der Waals surface area (Å²) in [5, 5.41) is 5.61. The van der Waals surface area contributed by atoms with Gasteiger partial charge in [-0.15, -0.1) is 0 Å². The molecule has 4 rings (SSSR count). The van der Waals surface area contributed by atoms with Crippen molar-refractivity contribution >= 4 is 17.0 Å². The summed E-state index contributed by atoms with van der Waals surface area (Å²) in [5.41, 5.74) is 2.46. The molecule has 1 aromatic carbocycles. The highest BCUT2D eigenvalue weighted by Gasteiger charge is 2.35. The first-order chi connectivity index (χ1) is 14.2. The molecule has 3 atom stereocenters. The van der Waals surface area contributed by atoms with Gasteiger partial charge < -0.3 is 14.4 Å². The second kappa shape index (κ2) is 8.17. The van der Waals surface area contributed by atoms with Crippen molar-refractivity contribution in [2.45, 2.75) is 77.3 Å². The van der Waals surface area contributed by atoms with E-state index in [1.807, 2.05) is 38.6 Å². The van der Waals surface area contributed by atoms with E-state index in [0.29, 0.717) is 13.0 Å². The number of likely N-dealkylation sites (tertiary alicyclic amines) is 1. The molecule has 0 saturated carbocycles. The zero-order valence-electron chi connectivity index (χ0n) is 18.4. The second-order valence-electron chi connectivity index (χ2n) is 9.52. The molecule has 2 saturated heterocycles. The van der Waals surface area contributed by atoms with Crippen LogP contribution in [0.25, 0.3) is 10.9 Å². The Balaban J connectivity index is 1.55. The fraction of sp³-hybridized carbons (Fsp3) is 0.652.